The van der Waals surface area contributed by atoms with Crippen molar-refractivity contribution in [3.05, 3.63) is 0 Å². The van der Waals surface area contributed by atoms with Crippen LogP contribution >= 0.6 is 24.0 Å². The minimum absolute atomic E-state index is 0. The molecule has 10 heteroatoms. The maximum atomic E-state index is 12.0. The van der Waals surface area contributed by atoms with Crippen LogP contribution in [0, 0.1) is 0 Å². The Balaban J connectivity index is 0. The SMILES string of the molecule is CN=C(NCCN(C)C(=O)OC(C)(C)C)NCCC(F)(F)F.I. The quantitative estimate of drug-likeness (QED) is 0.381. The molecule has 0 saturated carbocycles. The van der Waals surface area contributed by atoms with E-state index in [1.165, 1.54) is 11.9 Å². The zero-order chi connectivity index (χ0) is 17.4. The van der Waals surface area contributed by atoms with Crippen molar-refractivity contribution in [3.63, 3.8) is 0 Å². The number of hydrogen-bond donors (Lipinski definition) is 2. The van der Waals surface area contributed by atoms with Gasteiger partial charge in [-0.05, 0) is 20.8 Å². The molecule has 0 rings (SSSR count). The van der Waals surface area contributed by atoms with Crippen molar-refractivity contribution in [1.29, 1.82) is 0 Å². The summed E-state index contributed by atoms with van der Waals surface area (Å²) in [4.78, 5) is 16.9. The first-order valence-electron chi connectivity index (χ1n) is 6.90. The Bertz CT molecular complexity index is 384. The number of nitrogens with zero attached hydrogens (tertiary/aromatic N) is 2. The molecule has 23 heavy (non-hydrogen) atoms. The number of alkyl halides is 3. The third kappa shape index (κ3) is 14.4. The summed E-state index contributed by atoms with van der Waals surface area (Å²) in [6.45, 7) is 5.71. The molecule has 0 aliphatic carbocycles. The number of nitrogens with one attached hydrogen (secondary N) is 2. The number of carbonyl (C=O) groups is 1. The van der Waals surface area contributed by atoms with Gasteiger partial charge in [0.05, 0.1) is 6.42 Å². The molecular weight excluding hydrogens is 428 g/mol. The first-order valence-corrected chi connectivity index (χ1v) is 6.90. The van der Waals surface area contributed by atoms with Gasteiger partial charge < -0.3 is 20.3 Å². The Hall–Kier alpha value is -0.940. The standard InChI is InChI=1S/C13H25F3N4O2.HI/c1-12(2,3)22-11(21)20(5)9-8-19-10(17-4)18-7-6-13(14,15)16;/h6-9H2,1-5H3,(H2,17,18,19);1H. The normalized spacial score (nSPS) is 12.3. The van der Waals surface area contributed by atoms with E-state index in [0.29, 0.717) is 13.1 Å². The predicted octanol–water partition coefficient (Wildman–Crippen LogP) is 2.59. The van der Waals surface area contributed by atoms with Crippen LogP contribution in [0.5, 0.6) is 0 Å². The summed E-state index contributed by atoms with van der Waals surface area (Å²) in [5, 5.41) is 5.38. The van der Waals surface area contributed by atoms with Crippen LogP contribution < -0.4 is 10.6 Å². The molecule has 0 aromatic rings. The molecule has 0 aromatic carbocycles. The van der Waals surface area contributed by atoms with Gasteiger partial charge in [-0.25, -0.2) is 4.79 Å². The van der Waals surface area contributed by atoms with E-state index in [-0.39, 0.29) is 36.5 Å². The second-order valence-corrected chi connectivity index (χ2v) is 5.69. The minimum Gasteiger partial charge on any atom is -0.444 e. The van der Waals surface area contributed by atoms with Crippen molar-refractivity contribution in [2.45, 2.75) is 39.0 Å². The van der Waals surface area contributed by atoms with E-state index in [1.54, 1.807) is 27.8 Å². The van der Waals surface area contributed by atoms with Crippen LogP contribution in [0.1, 0.15) is 27.2 Å². The fourth-order valence-electron chi connectivity index (χ4n) is 1.32. The van der Waals surface area contributed by atoms with E-state index >= 15 is 0 Å². The summed E-state index contributed by atoms with van der Waals surface area (Å²) in [5.74, 6) is 0.252. The number of amides is 1. The van der Waals surface area contributed by atoms with Crippen LogP contribution in [0.2, 0.25) is 0 Å². The van der Waals surface area contributed by atoms with E-state index in [1.807, 2.05) is 0 Å². The van der Waals surface area contributed by atoms with E-state index in [2.05, 4.69) is 15.6 Å². The van der Waals surface area contributed by atoms with E-state index < -0.39 is 24.3 Å². The molecule has 6 nitrogen and oxygen atoms in total. The van der Waals surface area contributed by atoms with Crippen LogP contribution in [-0.2, 0) is 4.74 Å². The number of ether oxygens (including phenoxy) is 1. The van der Waals surface area contributed by atoms with E-state index in [0.717, 1.165) is 0 Å². The summed E-state index contributed by atoms with van der Waals surface area (Å²) in [7, 11) is 3.04. The summed E-state index contributed by atoms with van der Waals surface area (Å²) in [6.07, 6.45) is -5.61. The molecular formula is C13H26F3IN4O2. The molecule has 0 aliphatic rings. The Morgan fingerprint density at radius 2 is 1.70 bits per heavy atom. The van der Waals surface area contributed by atoms with Gasteiger partial charge in [0.25, 0.3) is 0 Å². The molecule has 2 N–H and O–H groups in total. The fourth-order valence-corrected chi connectivity index (χ4v) is 1.32. The maximum Gasteiger partial charge on any atom is 0.410 e. The average molecular weight is 454 g/mol. The van der Waals surface area contributed by atoms with Crippen molar-refractivity contribution in [2.24, 2.45) is 4.99 Å². The average Bonchev–Trinajstić information content (AvgIpc) is 2.33. The molecule has 0 radical (unpaired) electrons. The molecule has 0 unspecified atom stereocenters. The van der Waals surface area contributed by atoms with Crippen molar-refractivity contribution >= 4 is 36.0 Å². The molecule has 0 aromatic heterocycles. The number of guanidine groups is 1. The molecule has 0 atom stereocenters. The number of likely N-dealkylation sites (N-methyl/N-ethyl adjacent to an activating group) is 1. The lowest BCUT2D eigenvalue weighted by Crippen LogP contribution is -2.43. The number of aliphatic imine (C=N–C) groups is 1. The summed E-state index contributed by atoms with van der Waals surface area (Å²) in [5.41, 5.74) is -0.575. The summed E-state index contributed by atoms with van der Waals surface area (Å²) < 4.78 is 41.3. The van der Waals surface area contributed by atoms with Crippen LogP contribution in [0.15, 0.2) is 4.99 Å². The topological polar surface area (TPSA) is 66.0 Å². The smallest absolute Gasteiger partial charge is 0.410 e. The molecule has 0 bridgehead atoms. The lowest BCUT2D eigenvalue weighted by Gasteiger charge is -2.25. The Kier molecular flexibility index (Phi) is 11.4. The fraction of sp³-hybridized carbons (Fsp3) is 0.846. The number of carbonyl (C=O) groups excluding carboxylic acids is 1. The first kappa shape index (κ1) is 24.3. The van der Waals surface area contributed by atoms with Crippen LogP contribution in [-0.4, -0.2) is 62.5 Å². The highest BCUT2D eigenvalue weighted by atomic mass is 127. The first-order chi connectivity index (χ1) is 9.94. The highest BCUT2D eigenvalue weighted by Crippen LogP contribution is 2.18. The second-order valence-electron chi connectivity index (χ2n) is 5.69. The lowest BCUT2D eigenvalue weighted by molar-refractivity contribution is -0.132. The number of rotatable bonds is 5. The molecule has 138 valence electrons. The van der Waals surface area contributed by atoms with Gasteiger partial charge >= 0.3 is 12.3 Å². The highest BCUT2D eigenvalue weighted by Gasteiger charge is 2.26. The Labute approximate surface area is 152 Å². The largest absolute Gasteiger partial charge is 0.444 e. The minimum atomic E-state index is -4.21. The van der Waals surface area contributed by atoms with Gasteiger partial charge in [-0.2, -0.15) is 13.2 Å². The van der Waals surface area contributed by atoms with Gasteiger partial charge in [0.15, 0.2) is 5.96 Å². The molecule has 0 saturated heterocycles. The van der Waals surface area contributed by atoms with E-state index in [4.69, 9.17) is 4.74 Å². The highest BCUT2D eigenvalue weighted by molar-refractivity contribution is 14.0. The van der Waals surface area contributed by atoms with Gasteiger partial charge in [-0.1, -0.05) is 0 Å². The summed E-state index contributed by atoms with van der Waals surface area (Å²) >= 11 is 0. The monoisotopic (exact) mass is 454 g/mol. The van der Waals surface area contributed by atoms with E-state index in [9.17, 15) is 18.0 Å². The molecule has 0 aliphatic heterocycles. The van der Waals surface area contributed by atoms with Crippen molar-refractivity contribution in [3.8, 4) is 0 Å². The molecule has 0 spiro atoms. The predicted molar refractivity (Wildman–Crippen MR) is 94.3 cm³/mol. The van der Waals surface area contributed by atoms with Crippen LogP contribution in [0.25, 0.3) is 0 Å². The second kappa shape index (κ2) is 10.8. The van der Waals surface area contributed by atoms with Crippen molar-refractivity contribution in [2.75, 3.05) is 33.7 Å². The molecule has 0 heterocycles. The third-order valence-electron chi connectivity index (χ3n) is 2.37. The Morgan fingerprint density at radius 1 is 1.17 bits per heavy atom. The van der Waals surface area contributed by atoms with Crippen LogP contribution in [0.3, 0.4) is 0 Å². The third-order valence-corrected chi connectivity index (χ3v) is 2.37. The van der Waals surface area contributed by atoms with Crippen molar-refractivity contribution in [1.82, 2.24) is 15.5 Å². The summed E-state index contributed by atoms with van der Waals surface area (Å²) in [6, 6.07) is 0. The van der Waals surface area contributed by atoms with Gasteiger partial charge in [-0.15, -0.1) is 24.0 Å². The lowest BCUT2D eigenvalue weighted by atomic mass is 10.2. The van der Waals surface area contributed by atoms with Crippen LogP contribution in [0.4, 0.5) is 18.0 Å². The Morgan fingerprint density at radius 3 is 2.13 bits per heavy atom. The van der Waals surface area contributed by atoms with Crippen molar-refractivity contribution < 1.29 is 22.7 Å². The van der Waals surface area contributed by atoms with Gasteiger partial charge in [0.2, 0.25) is 0 Å². The number of halogens is 4. The van der Waals surface area contributed by atoms with Gasteiger partial charge in [0.1, 0.15) is 5.60 Å². The molecule has 0 fully saturated rings. The zero-order valence-electron chi connectivity index (χ0n) is 14.1. The molecule has 1 amide bonds. The zero-order valence-corrected chi connectivity index (χ0v) is 16.4. The van der Waals surface area contributed by atoms with Gasteiger partial charge in [0, 0.05) is 33.7 Å². The van der Waals surface area contributed by atoms with Gasteiger partial charge in [-0.3, -0.25) is 4.99 Å². The maximum absolute atomic E-state index is 12.0. The number of hydrogen-bond acceptors (Lipinski definition) is 3.